The van der Waals surface area contributed by atoms with Crippen molar-refractivity contribution in [3.8, 4) is 0 Å². The fourth-order valence-corrected chi connectivity index (χ4v) is 4.85. The molecule has 154 valence electrons. The molecule has 1 aliphatic heterocycles. The topological polar surface area (TPSA) is 72.5 Å². The number of carbonyl (C=O) groups is 1. The van der Waals surface area contributed by atoms with Crippen LogP contribution in [0.5, 0.6) is 0 Å². The van der Waals surface area contributed by atoms with Gasteiger partial charge in [-0.05, 0) is 44.7 Å². The molecule has 0 bridgehead atoms. The van der Waals surface area contributed by atoms with Gasteiger partial charge in [-0.3, -0.25) is 18.6 Å². The Bertz CT molecular complexity index is 1090. The first-order valence-corrected chi connectivity index (χ1v) is 11.4. The zero-order valence-corrected chi connectivity index (χ0v) is 17.8. The van der Waals surface area contributed by atoms with Crippen molar-refractivity contribution in [2.75, 3.05) is 12.3 Å². The summed E-state index contributed by atoms with van der Waals surface area (Å²) in [5, 5.41) is 9.95. The minimum Gasteiger partial charge on any atom is -0.339 e. The van der Waals surface area contributed by atoms with E-state index < -0.39 is 0 Å². The number of para-hydroxylation sites is 1. The number of nitrogens with zero attached hydrogens (tertiary/aromatic N) is 5. The number of likely N-dealkylation sites (tertiary alicyclic amines) is 1. The van der Waals surface area contributed by atoms with Crippen LogP contribution >= 0.6 is 11.8 Å². The molecule has 8 heteroatoms. The Morgan fingerprint density at radius 1 is 1.24 bits per heavy atom. The number of fused-ring (bicyclic) bond motifs is 3. The summed E-state index contributed by atoms with van der Waals surface area (Å²) in [6, 6.07) is 7.84. The Morgan fingerprint density at radius 3 is 2.86 bits per heavy atom. The molecule has 4 rings (SSSR count). The number of thioether (sulfide) groups is 1. The molecule has 1 aromatic carbocycles. The summed E-state index contributed by atoms with van der Waals surface area (Å²) >= 11 is 1.40. The van der Waals surface area contributed by atoms with Gasteiger partial charge in [0.1, 0.15) is 0 Å². The first-order chi connectivity index (χ1) is 14.1. The van der Waals surface area contributed by atoms with Crippen molar-refractivity contribution in [2.45, 2.75) is 63.7 Å². The molecule has 3 heterocycles. The van der Waals surface area contributed by atoms with E-state index >= 15 is 0 Å². The molecule has 0 saturated carbocycles. The Kier molecular flexibility index (Phi) is 5.89. The molecule has 29 heavy (non-hydrogen) atoms. The molecule has 1 atom stereocenters. The number of amides is 1. The van der Waals surface area contributed by atoms with Gasteiger partial charge in [-0.15, -0.1) is 10.2 Å². The van der Waals surface area contributed by atoms with Crippen molar-refractivity contribution >= 4 is 34.3 Å². The molecule has 1 saturated heterocycles. The average Bonchev–Trinajstić information content (AvgIpc) is 3.16. The molecular weight excluding hydrogens is 386 g/mol. The molecule has 0 spiro atoms. The predicted octanol–water partition coefficient (Wildman–Crippen LogP) is 3.34. The lowest BCUT2D eigenvalue weighted by Gasteiger charge is -2.33. The summed E-state index contributed by atoms with van der Waals surface area (Å²) in [5.74, 6) is 1.01. The molecule has 1 aliphatic rings. The Balaban J connectivity index is 1.69. The molecular formula is C21H27N5O2S. The van der Waals surface area contributed by atoms with Gasteiger partial charge in [0.05, 0.1) is 16.7 Å². The second kappa shape index (κ2) is 8.57. The molecule has 0 aliphatic carbocycles. The number of rotatable bonds is 6. The van der Waals surface area contributed by atoms with Gasteiger partial charge in [-0.2, -0.15) is 0 Å². The lowest BCUT2D eigenvalue weighted by atomic mass is 10.0. The molecule has 3 aromatic rings. The molecule has 1 fully saturated rings. The summed E-state index contributed by atoms with van der Waals surface area (Å²) in [7, 11) is 0. The van der Waals surface area contributed by atoms with Crippen molar-refractivity contribution in [1.29, 1.82) is 0 Å². The zero-order chi connectivity index (χ0) is 20.4. The average molecular weight is 414 g/mol. The predicted molar refractivity (Wildman–Crippen MR) is 115 cm³/mol. The summed E-state index contributed by atoms with van der Waals surface area (Å²) in [4.78, 5) is 27.7. The van der Waals surface area contributed by atoms with Crippen LogP contribution in [-0.2, 0) is 11.3 Å². The summed E-state index contributed by atoms with van der Waals surface area (Å²) < 4.78 is 3.63. The van der Waals surface area contributed by atoms with E-state index in [9.17, 15) is 9.59 Å². The van der Waals surface area contributed by atoms with E-state index in [0.717, 1.165) is 37.7 Å². The maximum absolute atomic E-state index is 13.0. The highest BCUT2D eigenvalue weighted by atomic mass is 32.2. The van der Waals surface area contributed by atoms with Gasteiger partial charge in [0.25, 0.3) is 5.56 Å². The largest absolute Gasteiger partial charge is 0.339 e. The fourth-order valence-electron chi connectivity index (χ4n) is 4.02. The second-order valence-electron chi connectivity index (χ2n) is 7.67. The lowest BCUT2D eigenvalue weighted by Crippen LogP contribution is -2.42. The maximum atomic E-state index is 13.0. The minimum absolute atomic E-state index is 0.0382. The highest BCUT2D eigenvalue weighted by molar-refractivity contribution is 7.99. The standard InChI is InChI=1S/C21H27N5O2S/c1-3-4-12-25-19(28)16-10-5-6-11-17(16)26-20(25)22-23-21(26)29-14-18(27)24-13-8-7-9-15(24)2/h5-6,10-11,15H,3-4,7-9,12-14H2,1-2H3. The first-order valence-electron chi connectivity index (χ1n) is 10.4. The van der Waals surface area contributed by atoms with Crippen LogP contribution in [0.25, 0.3) is 16.7 Å². The van der Waals surface area contributed by atoms with E-state index in [1.165, 1.54) is 18.2 Å². The van der Waals surface area contributed by atoms with Crippen LogP contribution < -0.4 is 5.56 Å². The van der Waals surface area contributed by atoms with Gasteiger partial charge in [0.15, 0.2) is 5.16 Å². The Morgan fingerprint density at radius 2 is 2.07 bits per heavy atom. The van der Waals surface area contributed by atoms with Gasteiger partial charge in [0, 0.05) is 19.1 Å². The number of carbonyl (C=O) groups excluding carboxylic acids is 1. The van der Waals surface area contributed by atoms with E-state index in [4.69, 9.17) is 0 Å². The van der Waals surface area contributed by atoms with Crippen LogP contribution in [-0.4, -0.2) is 48.3 Å². The van der Waals surface area contributed by atoms with Gasteiger partial charge < -0.3 is 4.90 Å². The highest BCUT2D eigenvalue weighted by Crippen LogP contribution is 2.24. The van der Waals surface area contributed by atoms with E-state index in [0.29, 0.717) is 34.7 Å². The first kappa shape index (κ1) is 19.9. The van der Waals surface area contributed by atoms with Crippen molar-refractivity contribution in [3.05, 3.63) is 34.6 Å². The number of aryl methyl sites for hydroxylation is 1. The van der Waals surface area contributed by atoms with Crippen LogP contribution in [0, 0.1) is 0 Å². The van der Waals surface area contributed by atoms with E-state index in [2.05, 4.69) is 24.0 Å². The van der Waals surface area contributed by atoms with Gasteiger partial charge >= 0.3 is 0 Å². The minimum atomic E-state index is -0.0382. The number of hydrogen-bond donors (Lipinski definition) is 0. The molecule has 1 amide bonds. The second-order valence-corrected chi connectivity index (χ2v) is 8.61. The van der Waals surface area contributed by atoms with Crippen LogP contribution in [0.1, 0.15) is 46.0 Å². The fraction of sp³-hybridized carbons (Fsp3) is 0.524. The van der Waals surface area contributed by atoms with Crippen LogP contribution in [0.15, 0.2) is 34.2 Å². The molecule has 0 N–H and O–H groups in total. The van der Waals surface area contributed by atoms with Crippen LogP contribution in [0.4, 0.5) is 0 Å². The molecule has 2 aromatic heterocycles. The normalized spacial score (nSPS) is 17.3. The molecule has 1 unspecified atom stereocenters. The number of aromatic nitrogens is 4. The van der Waals surface area contributed by atoms with E-state index in [1.807, 2.05) is 33.6 Å². The van der Waals surface area contributed by atoms with Crippen molar-refractivity contribution in [3.63, 3.8) is 0 Å². The van der Waals surface area contributed by atoms with Crippen LogP contribution in [0.3, 0.4) is 0 Å². The van der Waals surface area contributed by atoms with Crippen molar-refractivity contribution in [1.82, 2.24) is 24.1 Å². The Labute approximate surface area is 174 Å². The maximum Gasteiger partial charge on any atom is 0.262 e. The third-order valence-electron chi connectivity index (χ3n) is 5.66. The van der Waals surface area contributed by atoms with Gasteiger partial charge in [-0.25, -0.2) is 0 Å². The third kappa shape index (κ3) is 3.77. The number of piperidine rings is 1. The SMILES string of the molecule is CCCCn1c(=O)c2ccccc2n2c(SCC(=O)N3CCCCC3C)nnc12. The highest BCUT2D eigenvalue weighted by Gasteiger charge is 2.24. The number of unbranched alkanes of at least 4 members (excludes halogenated alkanes) is 1. The van der Waals surface area contributed by atoms with E-state index in [-0.39, 0.29) is 11.5 Å². The molecule has 0 radical (unpaired) electrons. The smallest absolute Gasteiger partial charge is 0.262 e. The summed E-state index contributed by atoms with van der Waals surface area (Å²) in [6.07, 6.45) is 5.22. The zero-order valence-electron chi connectivity index (χ0n) is 17.0. The van der Waals surface area contributed by atoms with Gasteiger partial charge in [0.2, 0.25) is 11.7 Å². The summed E-state index contributed by atoms with van der Waals surface area (Å²) in [5.41, 5.74) is 0.746. The monoisotopic (exact) mass is 413 g/mol. The van der Waals surface area contributed by atoms with Crippen LogP contribution in [0.2, 0.25) is 0 Å². The Hall–Kier alpha value is -2.35. The van der Waals surface area contributed by atoms with Gasteiger partial charge in [-0.1, -0.05) is 37.2 Å². The molecule has 7 nitrogen and oxygen atoms in total. The third-order valence-corrected chi connectivity index (χ3v) is 6.58. The lowest BCUT2D eigenvalue weighted by molar-refractivity contribution is -0.131. The quantitative estimate of drug-likeness (QED) is 0.580. The number of hydrogen-bond acceptors (Lipinski definition) is 5. The number of benzene rings is 1. The van der Waals surface area contributed by atoms with Crippen molar-refractivity contribution < 1.29 is 4.79 Å². The summed E-state index contributed by atoms with van der Waals surface area (Å²) in [6.45, 7) is 5.66. The van der Waals surface area contributed by atoms with E-state index in [1.54, 1.807) is 4.57 Å². The van der Waals surface area contributed by atoms with Crippen molar-refractivity contribution in [2.24, 2.45) is 0 Å².